The highest BCUT2D eigenvalue weighted by Crippen LogP contribution is 2.28. The Bertz CT molecular complexity index is 229. The summed E-state index contributed by atoms with van der Waals surface area (Å²) in [6, 6.07) is 0. The van der Waals surface area contributed by atoms with Gasteiger partial charge < -0.3 is 10.1 Å². The van der Waals surface area contributed by atoms with E-state index in [4.69, 9.17) is 4.74 Å². The maximum atomic E-state index is 5.56. The van der Waals surface area contributed by atoms with Crippen molar-refractivity contribution < 1.29 is 4.74 Å². The molecule has 4 heteroatoms. The second-order valence-corrected chi connectivity index (χ2v) is 5.80. The molecule has 1 aliphatic carbocycles. The van der Waals surface area contributed by atoms with Gasteiger partial charge >= 0.3 is 0 Å². The summed E-state index contributed by atoms with van der Waals surface area (Å²) in [6.07, 6.45) is 3.84. The number of ether oxygens (including phenoxy) is 1. The molecular formula is C11H20N2OS. The zero-order chi connectivity index (χ0) is 10.5. The van der Waals surface area contributed by atoms with Crippen LogP contribution in [-0.2, 0) is 4.74 Å². The van der Waals surface area contributed by atoms with E-state index in [2.05, 4.69) is 17.2 Å². The lowest BCUT2D eigenvalue weighted by atomic mass is 10.4. The second-order valence-electron chi connectivity index (χ2n) is 4.37. The summed E-state index contributed by atoms with van der Waals surface area (Å²) in [5.41, 5.74) is 0. The monoisotopic (exact) mass is 228 g/mol. The van der Waals surface area contributed by atoms with Crippen LogP contribution in [0.4, 0.5) is 0 Å². The van der Waals surface area contributed by atoms with Crippen LogP contribution in [-0.4, -0.2) is 36.7 Å². The Kier molecular flexibility index (Phi) is 4.32. The molecule has 86 valence electrons. The zero-order valence-electron chi connectivity index (χ0n) is 9.37. The van der Waals surface area contributed by atoms with E-state index in [1.807, 2.05) is 11.8 Å². The summed E-state index contributed by atoms with van der Waals surface area (Å²) in [7, 11) is 0. The molecule has 1 atom stereocenters. The van der Waals surface area contributed by atoms with E-state index in [9.17, 15) is 0 Å². The predicted molar refractivity (Wildman–Crippen MR) is 65.5 cm³/mol. The average Bonchev–Trinajstić information content (AvgIpc) is 2.95. The van der Waals surface area contributed by atoms with Crippen LogP contribution in [0.1, 0.15) is 26.2 Å². The van der Waals surface area contributed by atoms with Gasteiger partial charge in [0.05, 0.1) is 6.54 Å². The van der Waals surface area contributed by atoms with Crippen molar-refractivity contribution in [2.45, 2.75) is 31.4 Å². The van der Waals surface area contributed by atoms with Crippen molar-refractivity contribution >= 4 is 16.9 Å². The highest BCUT2D eigenvalue weighted by Gasteiger charge is 2.20. The topological polar surface area (TPSA) is 33.6 Å². The Morgan fingerprint density at radius 1 is 1.53 bits per heavy atom. The smallest absolute Gasteiger partial charge is 0.156 e. The lowest BCUT2D eigenvalue weighted by Gasteiger charge is -2.06. The molecule has 2 aliphatic rings. The third kappa shape index (κ3) is 4.43. The van der Waals surface area contributed by atoms with Crippen molar-refractivity contribution in [3.8, 4) is 0 Å². The molecule has 0 spiro atoms. The van der Waals surface area contributed by atoms with E-state index in [1.165, 1.54) is 12.8 Å². The number of thioether (sulfide) groups is 1. The number of aliphatic imine (C=N–C) groups is 1. The zero-order valence-corrected chi connectivity index (χ0v) is 10.2. The molecular weight excluding hydrogens is 208 g/mol. The van der Waals surface area contributed by atoms with Gasteiger partial charge in [-0.15, -0.1) is 0 Å². The first-order valence-corrected chi connectivity index (χ1v) is 6.75. The van der Waals surface area contributed by atoms with Crippen molar-refractivity contribution in [2.75, 3.05) is 26.3 Å². The third-order valence-electron chi connectivity index (χ3n) is 2.60. The fourth-order valence-corrected chi connectivity index (χ4v) is 2.34. The van der Waals surface area contributed by atoms with Gasteiger partial charge in [-0.05, 0) is 25.2 Å². The van der Waals surface area contributed by atoms with Crippen LogP contribution in [0.5, 0.6) is 0 Å². The number of nitrogens with zero attached hydrogens (tertiary/aromatic N) is 1. The molecule has 0 bridgehead atoms. The van der Waals surface area contributed by atoms with Gasteiger partial charge in [-0.1, -0.05) is 18.7 Å². The summed E-state index contributed by atoms with van der Waals surface area (Å²) < 4.78 is 5.56. The van der Waals surface area contributed by atoms with Crippen LogP contribution in [0, 0.1) is 5.92 Å². The lowest BCUT2D eigenvalue weighted by molar-refractivity contribution is 0.123. The summed E-state index contributed by atoms with van der Waals surface area (Å²) in [6.45, 7) is 6.03. The first kappa shape index (κ1) is 11.3. The van der Waals surface area contributed by atoms with Gasteiger partial charge in [-0.3, -0.25) is 4.99 Å². The molecule has 1 saturated carbocycles. The molecule has 1 aliphatic heterocycles. The average molecular weight is 228 g/mol. The summed E-state index contributed by atoms with van der Waals surface area (Å²) in [5.74, 6) is 0.883. The second kappa shape index (κ2) is 5.75. The number of amidine groups is 1. The minimum atomic E-state index is 0.651. The molecule has 2 rings (SSSR count). The van der Waals surface area contributed by atoms with Gasteiger partial charge in [0.15, 0.2) is 5.17 Å². The molecule has 0 aromatic carbocycles. The highest BCUT2D eigenvalue weighted by molar-refractivity contribution is 8.14. The van der Waals surface area contributed by atoms with Gasteiger partial charge in [-0.25, -0.2) is 0 Å². The molecule has 3 nitrogen and oxygen atoms in total. The normalized spacial score (nSPS) is 25.4. The van der Waals surface area contributed by atoms with E-state index in [0.29, 0.717) is 5.25 Å². The molecule has 1 heterocycles. The molecule has 0 amide bonds. The van der Waals surface area contributed by atoms with Crippen LogP contribution < -0.4 is 5.32 Å². The van der Waals surface area contributed by atoms with Gasteiger partial charge in [0.2, 0.25) is 0 Å². The van der Waals surface area contributed by atoms with Crippen molar-refractivity contribution in [2.24, 2.45) is 10.9 Å². The molecule has 0 aromatic rings. The van der Waals surface area contributed by atoms with E-state index in [1.54, 1.807) is 0 Å². The molecule has 0 aromatic heterocycles. The summed E-state index contributed by atoms with van der Waals surface area (Å²) in [5, 5.41) is 5.12. The number of hydrogen-bond donors (Lipinski definition) is 1. The highest BCUT2D eigenvalue weighted by atomic mass is 32.2. The van der Waals surface area contributed by atoms with E-state index in [-0.39, 0.29) is 0 Å². The quantitative estimate of drug-likeness (QED) is 0.705. The van der Waals surface area contributed by atoms with Gasteiger partial charge in [0, 0.05) is 25.0 Å². The van der Waals surface area contributed by atoms with Crippen molar-refractivity contribution in [3.63, 3.8) is 0 Å². The Hall–Kier alpha value is -0.220. The Labute approximate surface area is 96.1 Å². The molecule has 0 saturated heterocycles. The summed E-state index contributed by atoms with van der Waals surface area (Å²) in [4.78, 5) is 4.40. The Morgan fingerprint density at radius 2 is 2.40 bits per heavy atom. The third-order valence-corrected chi connectivity index (χ3v) is 3.65. The van der Waals surface area contributed by atoms with Crippen molar-refractivity contribution in [1.82, 2.24) is 5.32 Å². The number of hydrogen-bond acceptors (Lipinski definition) is 4. The first-order chi connectivity index (χ1) is 7.34. The van der Waals surface area contributed by atoms with E-state index >= 15 is 0 Å². The molecule has 0 radical (unpaired) electrons. The van der Waals surface area contributed by atoms with Crippen LogP contribution in [0.25, 0.3) is 0 Å². The van der Waals surface area contributed by atoms with E-state index < -0.39 is 0 Å². The van der Waals surface area contributed by atoms with Crippen LogP contribution in [0.15, 0.2) is 4.99 Å². The fourth-order valence-electron chi connectivity index (χ4n) is 1.48. The predicted octanol–water partition coefficient (Wildman–Crippen LogP) is 1.88. The van der Waals surface area contributed by atoms with Crippen LogP contribution in [0.3, 0.4) is 0 Å². The van der Waals surface area contributed by atoms with Crippen molar-refractivity contribution in [1.29, 1.82) is 0 Å². The SMILES string of the molecule is CC1CN=C(NCCCOCC2CC2)S1. The Morgan fingerprint density at radius 3 is 3.07 bits per heavy atom. The minimum absolute atomic E-state index is 0.651. The molecule has 1 unspecified atom stereocenters. The lowest BCUT2D eigenvalue weighted by Crippen LogP contribution is -2.21. The maximum Gasteiger partial charge on any atom is 0.156 e. The van der Waals surface area contributed by atoms with E-state index in [0.717, 1.165) is 43.8 Å². The van der Waals surface area contributed by atoms with Gasteiger partial charge in [0.25, 0.3) is 0 Å². The number of nitrogens with one attached hydrogen (secondary N) is 1. The van der Waals surface area contributed by atoms with Crippen LogP contribution in [0.2, 0.25) is 0 Å². The molecule has 1 fully saturated rings. The molecule has 1 N–H and O–H groups in total. The Balaban J connectivity index is 1.41. The van der Waals surface area contributed by atoms with Gasteiger partial charge in [0.1, 0.15) is 0 Å². The van der Waals surface area contributed by atoms with Crippen molar-refractivity contribution in [3.05, 3.63) is 0 Å². The molecule has 15 heavy (non-hydrogen) atoms. The summed E-state index contributed by atoms with van der Waals surface area (Å²) >= 11 is 1.84. The first-order valence-electron chi connectivity index (χ1n) is 5.87. The maximum absolute atomic E-state index is 5.56. The minimum Gasteiger partial charge on any atom is -0.381 e. The largest absolute Gasteiger partial charge is 0.381 e. The number of rotatable bonds is 6. The van der Waals surface area contributed by atoms with Gasteiger partial charge in [-0.2, -0.15) is 0 Å². The fraction of sp³-hybridized carbons (Fsp3) is 0.909. The standard InChI is InChI=1S/C11H20N2OS/c1-9-7-13-11(15-9)12-5-2-6-14-8-10-3-4-10/h9-10H,2-8H2,1H3,(H,12,13). The van der Waals surface area contributed by atoms with Crippen LogP contribution >= 0.6 is 11.8 Å².